The van der Waals surface area contributed by atoms with Crippen LogP contribution in [0.1, 0.15) is 26.3 Å². The third-order valence-corrected chi connectivity index (χ3v) is 1.92. The van der Waals surface area contributed by atoms with Crippen LogP contribution in [0.4, 0.5) is 0 Å². The van der Waals surface area contributed by atoms with Gasteiger partial charge in [0.15, 0.2) is 0 Å². The first-order valence-corrected chi connectivity index (χ1v) is 4.80. The fourth-order valence-corrected chi connectivity index (χ4v) is 1.34. The lowest BCUT2D eigenvalue weighted by Gasteiger charge is -2.01. The van der Waals surface area contributed by atoms with Gasteiger partial charge in [0.25, 0.3) is 0 Å². The van der Waals surface area contributed by atoms with Crippen LogP contribution in [0.2, 0.25) is 0 Å². The summed E-state index contributed by atoms with van der Waals surface area (Å²) in [5.41, 5.74) is 2.35. The molecule has 0 heterocycles. The number of allylic oxidation sites excluding steroid dienone is 1. The average Bonchev–Trinajstić information content (AvgIpc) is 2.08. The Kier molecular flexibility index (Phi) is 5.66. The molecule has 1 aromatic rings. The van der Waals surface area contributed by atoms with E-state index in [9.17, 15) is 0 Å². The number of hydrogen-bond acceptors (Lipinski definition) is 0. The van der Waals surface area contributed by atoms with Gasteiger partial charge in [-0.1, -0.05) is 50.3 Å². The highest BCUT2D eigenvalue weighted by atomic mass is 31.0. The van der Waals surface area contributed by atoms with Crippen molar-refractivity contribution in [3.05, 3.63) is 36.4 Å². The summed E-state index contributed by atoms with van der Waals surface area (Å²) in [7, 11) is 2.69. The molecule has 1 heteroatoms. The van der Waals surface area contributed by atoms with Crippen molar-refractivity contribution in [2.45, 2.75) is 20.8 Å². The molecule has 0 radical (unpaired) electrons. The quantitative estimate of drug-likeness (QED) is 0.582. The molecule has 0 nitrogen and oxygen atoms in total. The lowest BCUT2D eigenvalue weighted by molar-refractivity contribution is 1.50. The Hall–Kier alpha value is -0.610. The molecule has 0 aromatic heterocycles. The topological polar surface area (TPSA) is 0 Å². The average molecular weight is 180 g/mol. The molecule has 0 bridgehead atoms. The molecule has 1 rings (SSSR count). The van der Waals surface area contributed by atoms with E-state index in [-0.39, 0.29) is 0 Å². The minimum Gasteiger partial charge on any atom is -0.105 e. The van der Waals surface area contributed by atoms with Crippen LogP contribution in [0.15, 0.2) is 30.8 Å². The number of hydrogen-bond donors (Lipinski definition) is 0. The maximum Gasteiger partial charge on any atom is -0.0161 e. The van der Waals surface area contributed by atoms with E-state index in [0.29, 0.717) is 0 Å². The monoisotopic (exact) mass is 180 g/mol. The van der Waals surface area contributed by atoms with Gasteiger partial charge in [-0.05, 0) is 17.8 Å². The molecule has 0 aliphatic carbocycles. The van der Waals surface area contributed by atoms with E-state index in [1.807, 2.05) is 32.9 Å². The summed E-state index contributed by atoms with van der Waals surface area (Å²) in [5.74, 6) is 0. The summed E-state index contributed by atoms with van der Waals surface area (Å²) < 4.78 is 0. The molecule has 0 fully saturated rings. The summed E-state index contributed by atoms with van der Waals surface area (Å²) in [6.45, 7) is 9.89. The highest BCUT2D eigenvalue weighted by Gasteiger charge is 1.94. The molecular weight excluding hydrogens is 163 g/mol. The summed E-state index contributed by atoms with van der Waals surface area (Å²) in [4.78, 5) is 0. The van der Waals surface area contributed by atoms with Crippen LogP contribution < -0.4 is 5.30 Å². The van der Waals surface area contributed by atoms with Gasteiger partial charge in [-0.3, -0.25) is 0 Å². The lowest BCUT2D eigenvalue weighted by atomic mass is 10.1. The van der Waals surface area contributed by atoms with E-state index in [4.69, 9.17) is 0 Å². The fraction of sp³-hybridized carbons (Fsp3) is 0.273. The second-order valence-electron chi connectivity index (χ2n) is 2.37. The van der Waals surface area contributed by atoms with Gasteiger partial charge in [0.05, 0.1) is 0 Å². The van der Waals surface area contributed by atoms with Gasteiger partial charge in [-0.25, -0.2) is 0 Å². The zero-order valence-electron chi connectivity index (χ0n) is 8.09. The van der Waals surface area contributed by atoms with Gasteiger partial charge >= 0.3 is 0 Å². The first-order valence-electron chi connectivity index (χ1n) is 4.22. The largest absolute Gasteiger partial charge is 0.105 e. The van der Waals surface area contributed by atoms with Crippen LogP contribution in [0.25, 0.3) is 5.57 Å². The molecule has 0 saturated heterocycles. The Bertz CT molecular complexity index is 251. The molecule has 1 aromatic carbocycles. The second kappa shape index (κ2) is 5.97. The molecule has 0 aliphatic rings. The predicted octanol–water partition coefficient (Wildman–Crippen LogP) is 3.25. The van der Waals surface area contributed by atoms with E-state index in [1.165, 1.54) is 10.9 Å². The summed E-state index contributed by atoms with van der Waals surface area (Å²) >= 11 is 0. The predicted molar refractivity (Wildman–Crippen MR) is 61.8 cm³/mol. The van der Waals surface area contributed by atoms with Gasteiger partial charge in [-0.2, -0.15) is 0 Å². The molecule has 0 saturated carbocycles. The van der Waals surface area contributed by atoms with Crippen molar-refractivity contribution < 1.29 is 0 Å². The van der Waals surface area contributed by atoms with Gasteiger partial charge in [0.1, 0.15) is 0 Å². The molecule has 0 amide bonds. The van der Waals surface area contributed by atoms with E-state index >= 15 is 0 Å². The molecule has 0 N–H and O–H groups in total. The van der Waals surface area contributed by atoms with E-state index in [1.54, 1.807) is 0 Å². The maximum absolute atomic E-state index is 3.87. The summed E-state index contributed by atoms with van der Waals surface area (Å²) in [6.07, 6.45) is 0. The molecule has 66 valence electrons. The van der Waals surface area contributed by atoms with E-state index in [2.05, 4.69) is 28.0 Å². The third-order valence-electron chi connectivity index (χ3n) is 1.42. The first kappa shape index (κ1) is 11.4. The fourth-order valence-electron chi connectivity index (χ4n) is 0.886. The van der Waals surface area contributed by atoms with E-state index < -0.39 is 0 Å². The third kappa shape index (κ3) is 3.19. The first-order chi connectivity index (χ1) is 5.72. The molecule has 1 unspecified atom stereocenters. The smallest absolute Gasteiger partial charge is 0.0161 e. The Balaban J connectivity index is 0.000000561. The SMILES string of the molecule is C=C(C)c1ccccc1P.CC. The van der Waals surface area contributed by atoms with Crippen LogP contribution in [0, 0.1) is 0 Å². The van der Waals surface area contributed by atoms with Crippen molar-refractivity contribution in [1.29, 1.82) is 0 Å². The maximum atomic E-state index is 3.87. The molecule has 1 atom stereocenters. The van der Waals surface area contributed by atoms with Crippen LogP contribution >= 0.6 is 9.24 Å². The van der Waals surface area contributed by atoms with Crippen molar-refractivity contribution in [1.82, 2.24) is 0 Å². The van der Waals surface area contributed by atoms with Gasteiger partial charge in [0.2, 0.25) is 0 Å². The molecule has 0 spiro atoms. The van der Waals surface area contributed by atoms with Crippen LogP contribution in [-0.4, -0.2) is 0 Å². The van der Waals surface area contributed by atoms with Gasteiger partial charge < -0.3 is 0 Å². The molecule has 0 aliphatic heterocycles. The van der Waals surface area contributed by atoms with Crippen molar-refractivity contribution >= 4 is 20.1 Å². The van der Waals surface area contributed by atoms with Crippen LogP contribution in [-0.2, 0) is 0 Å². The van der Waals surface area contributed by atoms with E-state index in [0.717, 1.165) is 5.57 Å². The Morgan fingerprint density at radius 2 is 1.75 bits per heavy atom. The van der Waals surface area contributed by atoms with Crippen molar-refractivity contribution in [2.24, 2.45) is 0 Å². The Morgan fingerprint density at radius 1 is 1.25 bits per heavy atom. The standard InChI is InChI=1S/C9H11P.C2H6/c1-7(2)8-5-3-4-6-9(8)10;1-2/h3-6H,1,10H2,2H3;1-2H3. The van der Waals surface area contributed by atoms with Crippen molar-refractivity contribution in [3.8, 4) is 0 Å². The highest BCUT2D eigenvalue weighted by molar-refractivity contribution is 7.27. The van der Waals surface area contributed by atoms with Crippen molar-refractivity contribution in [3.63, 3.8) is 0 Å². The molecule has 12 heavy (non-hydrogen) atoms. The highest BCUT2D eigenvalue weighted by Crippen LogP contribution is 2.09. The summed E-state index contributed by atoms with van der Waals surface area (Å²) in [5, 5.41) is 1.22. The normalized spacial score (nSPS) is 8.33. The van der Waals surface area contributed by atoms with Crippen LogP contribution in [0.3, 0.4) is 0 Å². The Labute approximate surface area is 77.9 Å². The minimum atomic E-state index is 1.12. The zero-order chi connectivity index (χ0) is 9.56. The number of rotatable bonds is 1. The zero-order valence-corrected chi connectivity index (χ0v) is 9.25. The van der Waals surface area contributed by atoms with Crippen LogP contribution in [0.5, 0.6) is 0 Å². The Morgan fingerprint density at radius 3 is 2.08 bits per heavy atom. The lowest BCUT2D eigenvalue weighted by Crippen LogP contribution is -1.96. The second-order valence-corrected chi connectivity index (χ2v) is 2.99. The minimum absolute atomic E-state index is 1.12. The number of benzene rings is 1. The van der Waals surface area contributed by atoms with Gasteiger partial charge in [-0.15, -0.1) is 9.24 Å². The van der Waals surface area contributed by atoms with Gasteiger partial charge in [0, 0.05) is 0 Å². The van der Waals surface area contributed by atoms with Crippen molar-refractivity contribution in [2.75, 3.05) is 0 Å². The summed E-state index contributed by atoms with van der Waals surface area (Å²) in [6, 6.07) is 8.19. The molecular formula is C11H17P.